The SMILES string of the molecule is Cc1cccc(NC(=O)c2sc3nc4c(cc3c2N)CCCCCC4)c1C. The van der Waals surface area contributed by atoms with E-state index in [1.807, 2.05) is 32.0 Å². The summed E-state index contributed by atoms with van der Waals surface area (Å²) in [5, 5.41) is 3.94. The van der Waals surface area contributed by atoms with Crippen molar-refractivity contribution in [3.05, 3.63) is 51.5 Å². The lowest BCUT2D eigenvalue weighted by molar-refractivity contribution is 0.103. The molecule has 0 bridgehead atoms. The Hall–Kier alpha value is -2.40. The molecule has 27 heavy (non-hydrogen) atoms. The van der Waals surface area contributed by atoms with Crippen LogP contribution in [0.4, 0.5) is 11.4 Å². The van der Waals surface area contributed by atoms with Gasteiger partial charge in [-0.2, -0.15) is 0 Å². The molecular formula is C22H25N3OS. The van der Waals surface area contributed by atoms with Crippen LogP contribution in [-0.4, -0.2) is 10.9 Å². The van der Waals surface area contributed by atoms with Crippen LogP contribution in [0.5, 0.6) is 0 Å². The molecule has 0 unspecified atom stereocenters. The molecule has 0 saturated carbocycles. The fraction of sp³-hybridized carbons (Fsp3) is 0.364. The van der Waals surface area contributed by atoms with Crippen LogP contribution < -0.4 is 11.1 Å². The highest BCUT2D eigenvalue weighted by atomic mass is 32.1. The Morgan fingerprint density at radius 1 is 1.15 bits per heavy atom. The van der Waals surface area contributed by atoms with E-state index in [9.17, 15) is 4.79 Å². The highest BCUT2D eigenvalue weighted by molar-refractivity contribution is 7.21. The molecular weight excluding hydrogens is 354 g/mol. The molecule has 0 atom stereocenters. The molecule has 2 heterocycles. The number of hydrogen-bond donors (Lipinski definition) is 2. The van der Waals surface area contributed by atoms with Crippen molar-refractivity contribution in [3.8, 4) is 0 Å². The molecule has 1 amide bonds. The lowest BCUT2D eigenvalue weighted by Crippen LogP contribution is -2.13. The van der Waals surface area contributed by atoms with Crippen molar-refractivity contribution in [3.63, 3.8) is 0 Å². The van der Waals surface area contributed by atoms with Crippen molar-refractivity contribution in [2.45, 2.75) is 52.4 Å². The Bertz CT molecular complexity index is 1020. The molecule has 4 nitrogen and oxygen atoms in total. The van der Waals surface area contributed by atoms with Gasteiger partial charge in [0, 0.05) is 16.8 Å². The van der Waals surface area contributed by atoms with Gasteiger partial charge in [0.15, 0.2) is 0 Å². The van der Waals surface area contributed by atoms with Gasteiger partial charge in [0.2, 0.25) is 0 Å². The third-order valence-electron chi connectivity index (χ3n) is 5.56. The summed E-state index contributed by atoms with van der Waals surface area (Å²) >= 11 is 1.40. The number of aryl methyl sites for hydroxylation is 3. The smallest absolute Gasteiger partial charge is 0.267 e. The Morgan fingerprint density at radius 2 is 1.93 bits per heavy atom. The first kappa shape index (κ1) is 18.0. The summed E-state index contributed by atoms with van der Waals surface area (Å²) in [4.78, 5) is 19.2. The van der Waals surface area contributed by atoms with Crippen LogP contribution >= 0.6 is 11.3 Å². The van der Waals surface area contributed by atoms with E-state index in [1.54, 1.807) is 0 Å². The van der Waals surface area contributed by atoms with Gasteiger partial charge in [0.05, 0.1) is 5.69 Å². The van der Waals surface area contributed by atoms with Gasteiger partial charge in [-0.05, 0) is 68.4 Å². The minimum absolute atomic E-state index is 0.156. The standard InChI is InChI=1S/C22H25N3OS/c1-13-8-7-11-17(14(13)2)24-21(26)20-19(23)16-12-15-9-5-3-4-6-10-18(15)25-22(16)27-20/h7-8,11-12H,3-6,9-10,23H2,1-2H3,(H,24,26). The number of benzene rings is 1. The fourth-order valence-electron chi connectivity index (χ4n) is 3.75. The number of thiophene rings is 1. The Labute approximate surface area is 163 Å². The monoisotopic (exact) mass is 379 g/mol. The summed E-state index contributed by atoms with van der Waals surface area (Å²) < 4.78 is 0. The number of nitrogens with one attached hydrogen (secondary N) is 1. The second-order valence-electron chi connectivity index (χ2n) is 7.41. The minimum Gasteiger partial charge on any atom is -0.397 e. The van der Waals surface area contributed by atoms with Gasteiger partial charge < -0.3 is 11.1 Å². The molecule has 1 aliphatic rings. The van der Waals surface area contributed by atoms with E-state index in [0.717, 1.165) is 39.9 Å². The van der Waals surface area contributed by atoms with Crippen LogP contribution in [0.2, 0.25) is 0 Å². The zero-order valence-electron chi connectivity index (χ0n) is 15.9. The number of nitrogens with zero attached hydrogens (tertiary/aromatic N) is 1. The molecule has 140 valence electrons. The van der Waals surface area contributed by atoms with Gasteiger partial charge in [-0.3, -0.25) is 4.79 Å². The average Bonchev–Trinajstić information content (AvgIpc) is 2.95. The maximum atomic E-state index is 12.9. The predicted molar refractivity (Wildman–Crippen MR) is 114 cm³/mol. The minimum atomic E-state index is -0.156. The van der Waals surface area contributed by atoms with E-state index in [4.69, 9.17) is 10.7 Å². The van der Waals surface area contributed by atoms with E-state index in [0.29, 0.717) is 10.6 Å². The quantitative estimate of drug-likeness (QED) is 0.626. The highest BCUT2D eigenvalue weighted by Crippen LogP contribution is 2.35. The van der Waals surface area contributed by atoms with Crippen molar-refractivity contribution in [1.29, 1.82) is 0 Å². The summed E-state index contributed by atoms with van der Waals surface area (Å²) in [6.45, 7) is 4.05. The lowest BCUT2D eigenvalue weighted by atomic mass is 9.96. The van der Waals surface area contributed by atoms with E-state index in [-0.39, 0.29) is 5.91 Å². The normalized spacial score (nSPS) is 14.4. The van der Waals surface area contributed by atoms with Gasteiger partial charge in [0.1, 0.15) is 9.71 Å². The van der Waals surface area contributed by atoms with Crippen LogP contribution in [0, 0.1) is 13.8 Å². The van der Waals surface area contributed by atoms with Gasteiger partial charge in [-0.25, -0.2) is 4.98 Å². The molecule has 1 aliphatic carbocycles. The average molecular weight is 380 g/mol. The zero-order chi connectivity index (χ0) is 19.0. The third kappa shape index (κ3) is 3.44. The molecule has 0 fully saturated rings. The van der Waals surface area contributed by atoms with E-state index < -0.39 is 0 Å². The van der Waals surface area contributed by atoms with Gasteiger partial charge in [-0.15, -0.1) is 11.3 Å². The van der Waals surface area contributed by atoms with E-state index in [1.165, 1.54) is 48.3 Å². The largest absolute Gasteiger partial charge is 0.397 e. The number of nitrogen functional groups attached to an aromatic ring is 1. The number of amides is 1. The van der Waals surface area contributed by atoms with Crippen LogP contribution in [0.25, 0.3) is 10.2 Å². The zero-order valence-corrected chi connectivity index (χ0v) is 16.7. The van der Waals surface area contributed by atoms with Crippen molar-refractivity contribution < 1.29 is 4.79 Å². The summed E-state index contributed by atoms with van der Waals surface area (Å²) in [5.41, 5.74) is 12.5. The maximum absolute atomic E-state index is 12.9. The van der Waals surface area contributed by atoms with E-state index in [2.05, 4.69) is 11.4 Å². The van der Waals surface area contributed by atoms with Crippen molar-refractivity contribution in [1.82, 2.24) is 4.98 Å². The molecule has 2 aromatic heterocycles. The first-order valence-corrected chi connectivity index (χ1v) is 10.4. The number of carbonyl (C=O) groups is 1. The van der Waals surface area contributed by atoms with Gasteiger partial charge >= 0.3 is 0 Å². The van der Waals surface area contributed by atoms with Crippen molar-refractivity contribution >= 4 is 38.8 Å². The fourth-order valence-corrected chi connectivity index (χ4v) is 4.74. The van der Waals surface area contributed by atoms with Gasteiger partial charge in [0.25, 0.3) is 5.91 Å². The molecule has 1 aromatic carbocycles. The molecule has 5 heteroatoms. The summed E-state index contributed by atoms with van der Waals surface area (Å²) in [6.07, 6.45) is 7.01. The highest BCUT2D eigenvalue weighted by Gasteiger charge is 2.20. The third-order valence-corrected chi connectivity index (χ3v) is 6.67. The number of fused-ring (bicyclic) bond motifs is 2. The number of rotatable bonds is 2. The molecule has 3 aromatic rings. The first-order valence-electron chi connectivity index (χ1n) is 9.63. The Kier molecular flexibility index (Phi) is 4.87. The summed E-state index contributed by atoms with van der Waals surface area (Å²) in [5.74, 6) is -0.156. The second kappa shape index (κ2) is 7.31. The molecule has 4 rings (SSSR count). The maximum Gasteiger partial charge on any atom is 0.267 e. The van der Waals surface area contributed by atoms with Crippen LogP contribution in [-0.2, 0) is 12.8 Å². The first-order chi connectivity index (χ1) is 13.0. The summed E-state index contributed by atoms with van der Waals surface area (Å²) in [6, 6.07) is 8.09. The number of nitrogens with two attached hydrogens (primary N) is 1. The molecule has 0 spiro atoms. The van der Waals surface area contributed by atoms with Crippen molar-refractivity contribution in [2.75, 3.05) is 11.1 Å². The number of anilines is 2. The van der Waals surface area contributed by atoms with Gasteiger partial charge in [-0.1, -0.05) is 25.0 Å². The van der Waals surface area contributed by atoms with E-state index >= 15 is 0 Å². The lowest BCUT2D eigenvalue weighted by Gasteiger charge is -2.12. The van der Waals surface area contributed by atoms with Crippen LogP contribution in [0.1, 0.15) is 57.7 Å². The number of pyridine rings is 1. The molecule has 0 radical (unpaired) electrons. The Balaban J connectivity index is 1.70. The summed E-state index contributed by atoms with van der Waals surface area (Å²) in [7, 11) is 0. The Morgan fingerprint density at radius 3 is 2.74 bits per heavy atom. The second-order valence-corrected chi connectivity index (χ2v) is 8.41. The number of hydrogen-bond acceptors (Lipinski definition) is 4. The number of aromatic nitrogens is 1. The van der Waals surface area contributed by atoms with Crippen LogP contribution in [0.3, 0.4) is 0 Å². The molecule has 0 aliphatic heterocycles. The molecule has 0 saturated heterocycles. The number of carbonyl (C=O) groups excluding carboxylic acids is 1. The van der Waals surface area contributed by atoms with Crippen LogP contribution in [0.15, 0.2) is 24.3 Å². The molecule has 3 N–H and O–H groups in total. The van der Waals surface area contributed by atoms with Crippen molar-refractivity contribution in [2.24, 2.45) is 0 Å². The predicted octanol–water partition coefficient (Wildman–Crippen LogP) is 5.41. The topological polar surface area (TPSA) is 68.0 Å².